The molecule has 0 aliphatic carbocycles. The van der Waals surface area contributed by atoms with Crippen LogP contribution >= 0.6 is 0 Å². The third-order valence-electron chi connectivity index (χ3n) is 2.30. The minimum atomic E-state index is -1.21. The monoisotopic (exact) mass is 230 g/mol. The number of carboxylic acid groups (broad SMARTS) is 2. The topological polar surface area (TPSA) is 98.1 Å². The van der Waals surface area contributed by atoms with E-state index in [0.29, 0.717) is 13.1 Å². The van der Waals surface area contributed by atoms with Gasteiger partial charge in [0.1, 0.15) is 13.1 Å². The number of amides is 2. The number of carboxylic acids is 2. The van der Waals surface area contributed by atoms with Crippen LogP contribution in [0.3, 0.4) is 0 Å². The first-order valence-corrected chi connectivity index (χ1v) is 4.98. The average Bonchev–Trinajstić information content (AvgIpc) is 2.66. The quantitative estimate of drug-likeness (QED) is 0.689. The highest BCUT2D eigenvalue weighted by molar-refractivity contribution is 5.84. The zero-order chi connectivity index (χ0) is 12.1. The van der Waals surface area contributed by atoms with Crippen molar-refractivity contribution >= 4 is 18.0 Å². The number of likely N-dealkylation sites (tertiary alicyclic amines) is 1. The average molecular weight is 230 g/mol. The van der Waals surface area contributed by atoms with E-state index in [9.17, 15) is 14.4 Å². The summed E-state index contributed by atoms with van der Waals surface area (Å²) in [4.78, 5) is 35.1. The van der Waals surface area contributed by atoms with E-state index in [1.54, 1.807) is 0 Å². The van der Waals surface area contributed by atoms with Gasteiger partial charge in [0.05, 0.1) is 0 Å². The molecule has 1 fully saturated rings. The molecule has 0 spiro atoms. The van der Waals surface area contributed by atoms with Crippen molar-refractivity contribution in [3.05, 3.63) is 0 Å². The molecule has 0 saturated carbocycles. The summed E-state index contributed by atoms with van der Waals surface area (Å²) in [5.41, 5.74) is 0. The van der Waals surface area contributed by atoms with Gasteiger partial charge in [-0.1, -0.05) is 0 Å². The summed E-state index contributed by atoms with van der Waals surface area (Å²) in [5, 5.41) is 17.2. The fraction of sp³-hybridized carbons (Fsp3) is 0.667. The molecular weight excluding hydrogens is 216 g/mol. The maximum Gasteiger partial charge on any atom is 0.323 e. The van der Waals surface area contributed by atoms with Gasteiger partial charge >= 0.3 is 18.0 Å². The molecule has 7 nitrogen and oxygen atoms in total. The second-order valence-corrected chi connectivity index (χ2v) is 3.62. The summed E-state index contributed by atoms with van der Waals surface area (Å²) in [6.45, 7) is -0.0353. The van der Waals surface area contributed by atoms with Gasteiger partial charge in [-0.05, 0) is 12.8 Å². The normalized spacial score (nSPS) is 14.9. The molecule has 90 valence electrons. The van der Waals surface area contributed by atoms with Crippen LogP contribution in [0.5, 0.6) is 0 Å². The largest absolute Gasteiger partial charge is 0.480 e. The van der Waals surface area contributed by atoms with Crippen LogP contribution in [0.4, 0.5) is 4.79 Å². The Morgan fingerprint density at radius 1 is 1.00 bits per heavy atom. The van der Waals surface area contributed by atoms with Gasteiger partial charge in [0.25, 0.3) is 0 Å². The van der Waals surface area contributed by atoms with Gasteiger partial charge < -0.3 is 20.0 Å². The first-order valence-electron chi connectivity index (χ1n) is 4.98. The number of hydrogen-bond donors (Lipinski definition) is 2. The van der Waals surface area contributed by atoms with E-state index in [-0.39, 0.29) is 0 Å². The molecule has 0 unspecified atom stereocenters. The lowest BCUT2D eigenvalue weighted by Gasteiger charge is -2.24. The fourth-order valence-corrected chi connectivity index (χ4v) is 1.63. The van der Waals surface area contributed by atoms with E-state index in [2.05, 4.69) is 0 Å². The van der Waals surface area contributed by atoms with Crippen LogP contribution in [0.1, 0.15) is 12.8 Å². The van der Waals surface area contributed by atoms with E-state index < -0.39 is 31.1 Å². The Balaban J connectivity index is 2.62. The van der Waals surface area contributed by atoms with E-state index in [4.69, 9.17) is 10.2 Å². The SMILES string of the molecule is O=C(O)CN(CC(=O)O)C(=O)N1CCCC1. The Morgan fingerprint density at radius 3 is 1.81 bits per heavy atom. The van der Waals surface area contributed by atoms with Gasteiger partial charge in [-0.15, -0.1) is 0 Å². The summed E-state index contributed by atoms with van der Waals surface area (Å²) in [5.74, 6) is -2.43. The Bertz CT molecular complexity index is 282. The predicted molar refractivity (Wildman–Crippen MR) is 53.0 cm³/mol. The molecule has 1 aliphatic heterocycles. The summed E-state index contributed by atoms with van der Waals surface area (Å²) < 4.78 is 0. The Hall–Kier alpha value is -1.79. The minimum Gasteiger partial charge on any atom is -0.480 e. The maximum absolute atomic E-state index is 11.7. The second-order valence-electron chi connectivity index (χ2n) is 3.62. The van der Waals surface area contributed by atoms with E-state index >= 15 is 0 Å². The van der Waals surface area contributed by atoms with Gasteiger partial charge in [-0.2, -0.15) is 0 Å². The number of nitrogens with zero attached hydrogens (tertiary/aromatic N) is 2. The molecule has 0 aromatic rings. The molecule has 0 bridgehead atoms. The molecule has 2 N–H and O–H groups in total. The summed E-state index contributed by atoms with van der Waals surface area (Å²) in [6.07, 6.45) is 1.75. The molecule has 1 saturated heterocycles. The van der Waals surface area contributed by atoms with Crippen molar-refractivity contribution < 1.29 is 24.6 Å². The van der Waals surface area contributed by atoms with Gasteiger partial charge in [0.15, 0.2) is 0 Å². The Labute approximate surface area is 92.2 Å². The van der Waals surface area contributed by atoms with E-state index in [0.717, 1.165) is 17.7 Å². The molecule has 2 amide bonds. The van der Waals surface area contributed by atoms with Crippen LogP contribution in [0.15, 0.2) is 0 Å². The van der Waals surface area contributed by atoms with Gasteiger partial charge in [-0.25, -0.2) is 4.79 Å². The minimum absolute atomic E-state index is 0.512. The van der Waals surface area contributed by atoms with Crippen molar-refractivity contribution in [3.63, 3.8) is 0 Å². The summed E-state index contributed by atoms with van der Waals surface area (Å²) >= 11 is 0. The third-order valence-corrected chi connectivity index (χ3v) is 2.30. The lowest BCUT2D eigenvalue weighted by Crippen LogP contribution is -2.46. The van der Waals surface area contributed by atoms with Crippen molar-refractivity contribution in [1.29, 1.82) is 0 Å². The molecule has 1 aliphatic rings. The van der Waals surface area contributed by atoms with Crippen molar-refractivity contribution in [2.75, 3.05) is 26.2 Å². The van der Waals surface area contributed by atoms with Gasteiger partial charge in [-0.3, -0.25) is 9.59 Å². The van der Waals surface area contributed by atoms with E-state index in [1.165, 1.54) is 4.90 Å². The molecule has 1 rings (SSSR count). The van der Waals surface area contributed by atoms with Crippen LogP contribution in [0.25, 0.3) is 0 Å². The lowest BCUT2D eigenvalue weighted by molar-refractivity contribution is -0.140. The summed E-state index contributed by atoms with van der Waals surface area (Å²) in [7, 11) is 0. The van der Waals surface area contributed by atoms with Crippen molar-refractivity contribution in [2.24, 2.45) is 0 Å². The van der Waals surface area contributed by atoms with Crippen LogP contribution in [-0.2, 0) is 9.59 Å². The summed E-state index contributed by atoms with van der Waals surface area (Å²) in [6, 6.07) is -0.512. The zero-order valence-corrected chi connectivity index (χ0v) is 8.76. The molecular formula is C9H14N2O5. The third kappa shape index (κ3) is 3.41. The number of carbonyl (C=O) groups is 3. The Morgan fingerprint density at radius 2 is 1.44 bits per heavy atom. The van der Waals surface area contributed by atoms with Crippen LogP contribution < -0.4 is 0 Å². The smallest absolute Gasteiger partial charge is 0.323 e. The number of rotatable bonds is 4. The molecule has 16 heavy (non-hydrogen) atoms. The lowest BCUT2D eigenvalue weighted by atomic mass is 10.4. The maximum atomic E-state index is 11.7. The number of carbonyl (C=O) groups excluding carboxylic acids is 1. The number of urea groups is 1. The number of aliphatic carboxylic acids is 2. The highest BCUT2D eigenvalue weighted by atomic mass is 16.4. The molecule has 1 heterocycles. The molecule has 0 radical (unpaired) electrons. The molecule has 0 atom stereocenters. The highest BCUT2D eigenvalue weighted by Gasteiger charge is 2.26. The van der Waals surface area contributed by atoms with Crippen LogP contribution in [-0.4, -0.2) is 64.2 Å². The first-order chi connectivity index (χ1) is 7.50. The fourth-order valence-electron chi connectivity index (χ4n) is 1.63. The number of hydrogen-bond acceptors (Lipinski definition) is 3. The van der Waals surface area contributed by atoms with Crippen LogP contribution in [0, 0.1) is 0 Å². The second kappa shape index (κ2) is 5.34. The van der Waals surface area contributed by atoms with Crippen molar-refractivity contribution in [3.8, 4) is 0 Å². The molecule has 0 aromatic carbocycles. The first kappa shape index (κ1) is 12.3. The molecule has 7 heteroatoms. The predicted octanol–water partition coefficient (Wildman–Crippen LogP) is -0.327. The van der Waals surface area contributed by atoms with Gasteiger partial charge in [0, 0.05) is 13.1 Å². The van der Waals surface area contributed by atoms with Gasteiger partial charge in [0.2, 0.25) is 0 Å². The highest BCUT2D eigenvalue weighted by Crippen LogP contribution is 2.10. The zero-order valence-electron chi connectivity index (χ0n) is 8.76. The van der Waals surface area contributed by atoms with Crippen molar-refractivity contribution in [2.45, 2.75) is 12.8 Å². The van der Waals surface area contributed by atoms with Crippen LogP contribution in [0.2, 0.25) is 0 Å². The Kier molecular flexibility index (Phi) is 4.10. The van der Waals surface area contributed by atoms with E-state index in [1.807, 2.05) is 0 Å². The standard InChI is InChI=1S/C9H14N2O5/c12-7(13)5-11(6-8(14)15)9(16)10-3-1-2-4-10/h1-6H2,(H,12,13)(H,14,15). The molecule has 0 aromatic heterocycles. The van der Waals surface area contributed by atoms with Crippen molar-refractivity contribution in [1.82, 2.24) is 9.80 Å².